The number of aromatic nitrogens is 2. The van der Waals surface area contributed by atoms with E-state index < -0.39 is 11.7 Å². The molecule has 1 fully saturated rings. The van der Waals surface area contributed by atoms with Crippen LogP contribution in [0, 0.1) is 0 Å². The van der Waals surface area contributed by atoms with Crippen molar-refractivity contribution in [3.63, 3.8) is 0 Å². The molecule has 102 valence electrons. The molecular formula is C13H14F3N3. The first kappa shape index (κ1) is 12.5. The lowest BCUT2D eigenvalue weighted by Crippen LogP contribution is -2.24. The van der Waals surface area contributed by atoms with Crippen LogP contribution in [0.3, 0.4) is 0 Å². The quantitative estimate of drug-likeness (QED) is 0.880. The summed E-state index contributed by atoms with van der Waals surface area (Å²) in [5.74, 6) is 0.744. The summed E-state index contributed by atoms with van der Waals surface area (Å²) in [6.45, 7) is 1.00. The van der Waals surface area contributed by atoms with Gasteiger partial charge in [0.1, 0.15) is 5.82 Å². The van der Waals surface area contributed by atoms with Gasteiger partial charge < -0.3 is 10.3 Å². The molecule has 2 N–H and O–H groups in total. The molecule has 0 radical (unpaired) electrons. The average Bonchev–Trinajstić information content (AvgIpc) is 2.95. The van der Waals surface area contributed by atoms with Crippen LogP contribution < -0.4 is 5.32 Å². The van der Waals surface area contributed by atoms with E-state index in [0.29, 0.717) is 17.1 Å². The maximum atomic E-state index is 12.6. The van der Waals surface area contributed by atoms with E-state index in [4.69, 9.17) is 0 Å². The van der Waals surface area contributed by atoms with Crippen molar-refractivity contribution in [1.29, 1.82) is 0 Å². The van der Waals surface area contributed by atoms with Crippen molar-refractivity contribution in [2.24, 2.45) is 0 Å². The maximum absolute atomic E-state index is 12.6. The molecule has 2 aromatic rings. The van der Waals surface area contributed by atoms with E-state index in [-0.39, 0.29) is 0 Å². The van der Waals surface area contributed by atoms with Crippen molar-refractivity contribution in [3.8, 4) is 0 Å². The topological polar surface area (TPSA) is 40.7 Å². The molecule has 0 spiro atoms. The number of halogens is 3. The summed E-state index contributed by atoms with van der Waals surface area (Å²) < 4.78 is 37.8. The molecule has 3 rings (SSSR count). The van der Waals surface area contributed by atoms with E-state index in [1.165, 1.54) is 6.07 Å². The fraction of sp³-hybridized carbons (Fsp3) is 0.462. The number of hydrogen-bond donors (Lipinski definition) is 2. The van der Waals surface area contributed by atoms with Gasteiger partial charge in [0.25, 0.3) is 0 Å². The van der Waals surface area contributed by atoms with E-state index in [9.17, 15) is 13.2 Å². The van der Waals surface area contributed by atoms with Gasteiger partial charge in [-0.2, -0.15) is 13.2 Å². The molecule has 1 saturated heterocycles. The van der Waals surface area contributed by atoms with Gasteiger partial charge in [0.15, 0.2) is 0 Å². The Bertz CT molecular complexity index is 582. The Kier molecular flexibility index (Phi) is 2.97. The lowest BCUT2D eigenvalue weighted by molar-refractivity contribution is -0.137. The van der Waals surface area contributed by atoms with E-state index >= 15 is 0 Å². The van der Waals surface area contributed by atoms with Crippen LogP contribution in [0.2, 0.25) is 0 Å². The van der Waals surface area contributed by atoms with Crippen LogP contribution in [0.25, 0.3) is 11.0 Å². The highest BCUT2D eigenvalue weighted by atomic mass is 19.4. The van der Waals surface area contributed by atoms with Crippen molar-refractivity contribution < 1.29 is 13.2 Å². The van der Waals surface area contributed by atoms with E-state index in [0.717, 1.165) is 43.8 Å². The molecule has 0 bridgehead atoms. The summed E-state index contributed by atoms with van der Waals surface area (Å²) in [6.07, 6.45) is -1.35. The second-order valence-corrected chi connectivity index (χ2v) is 4.91. The Morgan fingerprint density at radius 2 is 2.16 bits per heavy atom. The standard InChI is InChI=1S/C13H14F3N3/c14-13(15,16)8-3-4-10-11(6-8)19-12(18-10)7-9-2-1-5-17-9/h3-4,6,9,17H,1-2,5,7H2,(H,18,19). The van der Waals surface area contributed by atoms with Crippen molar-refractivity contribution in [2.45, 2.75) is 31.5 Å². The molecule has 6 heteroatoms. The molecule has 0 saturated carbocycles. The predicted octanol–water partition coefficient (Wildman–Crippen LogP) is 2.88. The molecule has 1 aliphatic rings. The molecule has 1 unspecified atom stereocenters. The fourth-order valence-corrected chi connectivity index (χ4v) is 2.50. The van der Waals surface area contributed by atoms with Crippen LogP contribution >= 0.6 is 0 Å². The molecule has 3 nitrogen and oxygen atoms in total. The smallest absolute Gasteiger partial charge is 0.342 e. The minimum atomic E-state index is -4.31. The zero-order valence-electron chi connectivity index (χ0n) is 10.2. The zero-order chi connectivity index (χ0) is 13.5. The van der Waals surface area contributed by atoms with Gasteiger partial charge in [-0.05, 0) is 37.6 Å². The number of hydrogen-bond acceptors (Lipinski definition) is 2. The van der Waals surface area contributed by atoms with Gasteiger partial charge in [0.05, 0.1) is 16.6 Å². The van der Waals surface area contributed by atoms with Gasteiger partial charge in [-0.25, -0.2) is 4.98 Å². The van der Waals surface area contributed by atoms with Gasteiger partial charge in [-0.3, -0.25) is 0 Å². The lowest BCUT2D eigenvalue weighted by Gasteiger charge is -2.06. The molecule has 1 aromatic carbocycles. The minimum absolute atomic E-state index is 0.377. The van der Waals surface area contributed by atoms with Gasteiger partial charge >= 0.3 is 6.18 Å². The monoisotopic (exact) mass is 269 g/mol. The molecule has 1 aliphatic heterocycles. The summed E-state index contributed by atoms with van der Waals surface area (Å²) in [7, 11) is 0. The predicted molar refractivity (Wildman–Crippen MR) is 65.8 cm³/mol. The third kappa shape index (κ3) is 2.58. The Labute approximate surface area is 108 Å². The van der Waals surface area contributed by atoms with Gasteiger partial charge in [-0.15, -0.1) is 0 Å². The number of nitrogens with one attached hydrogen (secondary N) is 2. The van der Waals surface area contributed by atoms with E-state index in [2.05, 4.69) is 15.3 Å². The molecule has 1 aromatic heterocycles. The van der Waals surface area contributed by atoms with Crippen LogP contribution in [0.4, 0.5) is 13.2 Å². The number of nitrogens with zero attached hydrogens (tertiary/aromatic N) is 1. The molecule has 1 atom stereocenters. The Morgan fingerprint density at radius 1 is 1.32 bits per heavy atom. The van der Waals surface area contributed by atoms with Crippen molar-refractivity contribution in [1.82, 2.24) is 15.3 Å². The highest BCUT2D eigenvalue weighted by molar-refractivity contribution is 5.76. The highest BCUT2D eigenvalue weighted by Gasteiger charge is 2.30. The summed E-state index contributed by atoms with van der Waals surface area (Å²) in [6, 6.07) is 3.98. The fourth-order valence-electron chi connectivity index (χ4n) is 2.50. The van der Waals surface area contributed by atoms with Gasteiger partial charge in [0.2, 0.25) is 0 Å². The van der Waals surface area contributed by atoms with E-state index in [1.54, 1.807) is 0 Å². The summed E-state index contributed by atoms with van der Waals surface area (Å²) in [4.78, 5) is 7.32. The largest absolute Gasteiger partial charge is 0.416 e. The normalized spacial score (nSPS) is 20.3. The third-order valence-electron chi connectivity index (χ3n) is 3.46. The summed E-state index contributed by atoms with van der Waals surface area (Å²) >= 11 is 0. The number of rotatable bonds is 2. The third-order valence-corrected chi connectivity index (χ3v) is 3.46. The molecule has 0 amide bonds. The van der Waals surface area contributed by atoms with Gasteiger partial charge in [0, 0.05) is 12.5 Å². The molecular weight excluding hydrogens is 255 g/mol. The first-order valence-electron chi connectivity index (χ1n) is 6.31. The second kappa shape index (κ2) is 4.52. The number of fused-ring (bicyclic) bond motifs is 1. The molecule has 0 aliphatic carbocycles. The summed E-state index contributed by atoms with van der Waals surface area (Å²) in [5, 5.41) is 3.35. The highest BCUT2D eigenvalue weighted by Crippen LogP contribution is 2.30. The number of H-pyrrole nitrogens is 1. The lowest BCUT2D eigenvalue weighted by atomic mass is 10.1. The minimum Gasteiger partial charge on any atom is -0.342 e. The van der Waals surface area contributed by atoms with Crippen LogP contribution in [-0.4, -0.2) is 22.6 Å². The Balaban J connectivity index is 1.87. The first-order chi connectivity index (χ1) is 9.02. The van der Waals surface area contributed by atoms with Crippen molar-refractivity contribution in [3.05, 3.63) is 29.6 Å². The van der Waals surface area contributed by atoms with Gasteiger partial charge in [-0.1, -0.05) is 0 Å². The van der Waals surface area contributed by atoms with Crippen LogP contribution in [0.15, 0.2) is 18.2 Å². The number of aromatic amines is 1. The molecule has 2 heterocycles. The van der Waals surface area contributed by atoms with Crippen LogP contribution in [0.1, 0.15) is 24.2 Å². The number of alkyl halides is 3. The maximum Gasteiger partial charge on any atom is 0.416 e. The zero-order valence-corrected chi connectivity index (χ0v) is 10.2. The Morgan fingerprint density at radius 3 is 2.84 bits per heavy atom. The van der Waals surface area contributed by atoms with Crippen LogP contribution in [-0.2, 0) is 12.6 Å². The Hall–Kier alpha value is -1.56. The van der Waals surface area contributed by atoms with E-state index in [1.807, 2.05) is 0 Å². The number of imidazole rings is 1. The summed E-state index contributed by atoms with van der Waals surface area (Å²) in [5.41, 5.74) is 0.387. The van der Waals surface area contributed by atoms with Crippen molar-refractivity contribution in [2.75, 3.05) is 6.54 Å². The van der Waals surface area contributed by atoms with Crippen molar-refractivity contribution >= 4 is 11.0 Å². The molecule has 19 heavy (non-hydrogen) atoms. The van der Waals surface area contributed by atoms with Crippen LogP contribution in [0.5, 0.6) is 0 Å². The number of benzene rings is 1. The second-order valence-electron chi connectivity index (χ2n) is 4.91. The first-order valence-corrected chi connectivity index (χ1v) is 6.31. The SMILES string of the molecule is FC(F)(F)c1ccc2nc(CC3CCCN3)[nH]c2c1. The average molecular weight is 269 g/mol.